The molecule has 3 N–H and O–H groups in total. The van der Waals surface area contributed by atoms with Gasteiger partial charge in [0.05, 0.1) is 25.4 Å². The van der Waals surface area contributed by atoms with Gasteiger partial charge in [-0.25, -0.2) is 0 Å². The molecule has 0 heterocycles. The minimum Gasteiger partial charge on any atom is -0.466 e. The summed E-state index contributed by atoms with van der Waals surface area (Å²) in [7, 11) is 0. The zero-order valence-electron chi connectivity index (χ0n) is 47.1. The maximum absolute atomic E-state index is 12.4. The van der Waals surface area contributed by atoms with Crippen LogP contribution in [0.5, 0.6) is 0 Å². The summed E-state index contributed by atoms with van der Waals surface area (Å²) >= 11 is 0. The van der Waals surface area contributed by atoms with Crippen LogP contribution in [0, 0.1) is 0 Å². The van der Waals surface area contributed by atoms with Crippen LogP contribution in [-0.2, 0) is 14.3 Å². The van der Waals surface area contributed by atoms with E-state index in [-0.39, 0.29) is 18.5 Å². The molecule has 0 aliphatic heterocycles. The second-order valence-electron chi connectivity index (χ2n) is 22.1. The Morgan fingerprint density at radius 1 is 0.348 bits per heavy atom. The van der Waals surface area contributed by atoms with E-state index in [0.717, 1.165) is 38.5 Å². The molecule has 0 spiro atoms. The van der Waals surface area contributed by atoms with Crippen molar-refractivity contribution < 1.29 is 24.5 Å². The number of aliphatic hydroxyl groups excluding tert-OH is 2. The number of aliphatic hydroxyl groups is 2. The smallest absolute Gasteiger partial charge is 0.305 e. The second kappa shape index (κ2) is 59.4. The van der Waals surface area contributed by atoms with Crippen molar-refractivity contribution in [2.45, 2.75) is 379 Å². The Morgan fingerprint density at radius 3 is 0.884 bits per heavy atom. The first-order chi connectivity index (χ1) is 34.0. The maximum atomic E-state index is 12.4. The van der Waals surface area contributed by atoms with Gasteiger partial charge in [0.2, 0.25) is 5.91 Å². The van der Waals surface area contributed by atoms with Crippen LogP contribution in [0.25, 0.3) is 0 Å². The molecule has 2 unspecified atom stereocenters. The molecule has 0 aliphatic carbocycles. The molecule has 1 amide bonds. The van der Waals surface area contributed by atoms with E-state index in [1.54, 1.807) is 0 Å². The van der Waals surface area contributed by atoms with Crippen molar-refractivity contribution in [1.29, 1.82) is 0 Å². The number of amides is 1. The Hall–Kier alpha value is -1.14. The second-order valence-corrected chi connectivity index (χ2v) is 22.1. The Morgan fingerprint density at radius 2 is 0.594 bits per heavy atom. The molecule has 2 atom stereocenters. The highest BCUT2D eigenvalue weighted by Crippen LogP contribution is 2.19. The molecule has 0 aromatic rings. The number of carbonyl (C=O) groups excluding carboxylic acids is 2. The lowest BCUT2D eigenvalue weighted by atomic mass is 10.0. The van der Waals surface area contributed by atoms with E-state index < -0.39 is 12.1 Å². The fourth-order valence-electron chi connectivity index (χ4n) is 10.3. The van der Waals surface area contributed by atoms with Gasteiger partial charge in [-0.3, -0.25) is 9.59 Å². The van der Waals surface area contributed by atoms with E-state index in [9.17, 15) is 19.8 Å². The van der Waals surface area contributed by atoms with Crippen molar-refractivity contribution in [3.05, 3.63) is 0 Å². The zero-order valence-corrected chi connectivity index (χ0v) is 47.1. The lowest BCUT2D eigenvalue weighted by Crippen LogP contribution is -2.45. The normalized spacial score (nSPS) is 12.5. The van der Waals surface area contributed by atoms with Crippen LogP contribution >= 0.6 is 0 Å². The van der Waals surface area contributed by atoms with Crippen LogP contribution in [0.1, 0.15) is 367 Å². The predicted octanol–water partition coefficient (Wildman–Crippen LogP) is 19.9. The Labute approximate surface area is 432 Å². The van der Waals surface area contributed by atoms with Crippen LogP contribution in [-0.4, -0.2) is 47.4 Å². The lowest BCUT2D eigenvalue weighted by Gasteiger charge is -2.22. The highest BCUT2D eigenvalue weighted by Gasteiger charge is 2.20. The molecule has 0 radical (unpaired) electrons. The highest BCUT2D eigenvalue weighted by atomic mass is 16.5. The number of nitrogens with one attached hydrogen (secondary N) is 1. The highest BCUT2D eigenvalue weighted by molar-refractivity contribution is 5.76. The lowest BCUT2D eigenvalue weighted by molar-refractivity contribution is -0.143. The fraction of sp³-hybridized carbons (Fsp3) is 0.968. The molecular formula is C63H125NO5. The number of hydrogen-bond donors (Lipinski definition) is 3. The van der Waals surface area contributed by atoms with E-state index in [4.69, 9.17) is 4.74 Å². The summed E-state index contributed by atoms with van der Waals surface area (Å²) in [6.45, 7) is 4.97. The van der Waals surface area contributed by atoms with E-state index in [1.807, 2.05) is 0 Å². The summed E-state index contributed by atoms with van der Waals surface area (Å²) in [5.74, 6) is -0.00974. The van der Waals surface area contributed by atoms with Gasteiger partial charge in [-0.15, -0.1) is 0 Å². The molecule has 0 aliphatic rings. The summed E-state index contributed by atoms with van der Waals surface area (Å²) in [4.78, 5) is 24.5. The van der Waals surface area contributed by atoms with Gasteiger partial charge >= 0.3 is 5.97 Å². The Kier molecular flexibility index (Phi) is 58.4. The average molecular weight is 977 g/mol. The third-order valence-electron chi connectivity index (χ3n) is 15.2. The minimum absolute atomic E-state index is 0.0225. The summed E-state index contributed by atoms with van der Waals surface area (Å²) < 4.78 is 5.50. The predicted molar refractivity (Wildman–Crippen MR) is 301 cm³/mol. The standard InChI is InChI=1S/C63H125NO5/c1-3-5-7-9-11-13-14-15-30-34-37-41-45-49-53-57-63(68)69-58-54-50-46-42-38-35-32-29-27-25-23-21-19-17-16-18-20-22-24-26-28-31-33-36-40-44-48-52-56-62(67)64-60(59-65)61(66)55-51-47-43-39-12-10-8-6-4-2/h60-61,65-66H,3-59H2,1-2H3,(H,64,67). The maximum Gasteiger partial charge on any atom is 0.305 e. The molecule has 0 fully saturated rings. The SMILES string of the molecule is CCCCCCCCCCCCCCCCCC(=O)OCCCCCCCCCCCCCCCCCCCCCCCCCCCCCCC(=O)NC(CO)C(O)CCCCCCCCCCC. The van der Waals surface area contributed by atoms with Gasteiger partial charge < -0.3 is 20.3 Å². The molecule has 0 bridgehead atoms. The minimum atomic E-state index is -0.658. The molecule has 0 aromatic carbocycles. The number of esters is 1. The number of unbranched alkanes of at least 4 members (excludes halogenated alkanes) is 49. The third kappa shape index (κ3) is 56.0. The van der Waals surface area contributed by atoms with Crippen molar-refractivity contribution >= 4 is 11.9 Å². The first-order valence-corrected chi connectivity index (χ1v) is 31.8. The van der Waals surface area contributed by atoms with Gasteiger partial charge in [-0.1, -0.05) is 328 Å². The van der Waals surface area contributed by atoms with Gasteiger partial charge in [0.1, 0.15) is 0 Å². The first-order valence-electron chi connectivity index (χ1n) is 31.8. The molecule has 0 rings (SSSR count). The Balaban J connectivity index is 3.28. The molecule has 6 nitrogen and oxygen atoms in total. The molecular weight excluding hydrogens is 851 g/mol. The van der Waals surface area contributed by atoms with Crippen LogP contribution in [0.2, 0.25) is 0 Å². The van der Waals surface area contributed by atoms with Gasteiger partial charge in [-0.05, 0) is 25.7 Å². The van der Waals surface area contributed by atoms with E-state index >= 15 is 0 Å². The zero-order chi connectivity index (χ0) is 50.0. The number of carbonyl (C=O) groups is 2. The number of ether oxygens (including phenoxy) is 1. The van der Waals surface area contributed by atoms with E-state index in [2.05, 4.69) is 19.2 Å². The van der Waals surface area contributed by atoms with Crippen molar-refractivity contribution in [2.75, 3.05) is 13.2 Å². The van der Waals surface area contributed by atoms with Crippen LogP contribution in [0.4, 0.5) is 0 Å². The van der Waals surface area contributed by atoms with Crippen LogP contribution in [0.3, 0.4) is 0 Å². The van der Waals surface area contributed by atoms with Crippen molar-refractivity contribution in [1.82, 2.24) is 5.32 Å². The quantitative estimate of drug-likeness (QED) is 0.0417. The monoisotopic (exact) mass is 976 g/mol. The van der Waals surface area contributed by atoms with Crippen molar-refractivity contribution in [3.8, 4) is 0 Å². The van der Waals surface area contributed by atoms with E-state index in [0.29, 0.717) is 25.9 Å². The summed E-state index contributed by atoms with van der Waals surface area (Å²) in [6, 6.07) is -0.535. The largest absolute Gasteiger partial charge is 0.466 e. The van der Waals surface area contributed by atoms with Crippen molar-refractivity contribution in [2.24, 2.45) is 0 Å². The van der Waals surface area contributed by atoms with Crippen LogP contribution in [0.15, 0.2) is 0 Å². The fourth-order valence-corrected chi connectivity index (χ4v) is 10.3. The molecule has 0 saturated heterocycles. The molecule has 0 aromatic heterocycles. The first kappa shape index (κ1) is 67.9. The van der Waals surface area contributed by atoms with Gasteiger partial charge in [0.15, 0.2) is 0 Å². The summed E-state index contributed by atoms with van der Waals surface area (Å²) in [5, 5.41) is 23.1. The molecule has 0 saturated carbocycles. The van der Waals surface area contributed by atoms with Gasteiger partial charge in [0.25, 0.3) is 0 Å². The average Bonchev–Trinajstić information content (AvgIpc) is 3.35. The summed E-state index contributed by atoms with van der Waals surface area (Å²) in [5.41, 5.74) is 0. The topological polar surface area (TPSA) is 95.9 Å². The Bertz CT molecular complexity index is 990. The summed E-state index contributed by atoms with van der Waals surface area (Å²) in [6.07, 6.45) is 70.0. The van der Waals surface area contributed by atoms with E-state index in [1.165, 1.54) is 295 Å². The molecule has 6 heteroatoms. The van der Waals surface area contributed by atoms with Crippen molar-refractivity contribution in [3.63, 3.8) is 0 Å². The number of hydrogen-bond acceptors (Lipinski definition) is 5. The van der Waals surface area contributed by atoms with Crippen LogP contribution < -0.4 is 5.32 Å². The van der Waals surface area contributed by atoms with Gasteiger partial charge in [0, 0.05) is 12.8 Å². The third-order valence-corrected chi connectivity index (χ3v) is 15.2. The van der Waals surface area contributed by atoms with Gasteiger partial charge in [-0.2, -0.15) is 0 Å². The molecule has 412 valence electrons. The number of rotatable bonds is 60. The molecule has 69 heavy (non-hydrogen) atoms.